The maximum absolute atomic E-state index is 13.0. The van der Waals surface area contributed by atoms with Crippen LogP contribution in [0.1, 0.15) is 47.0 Å². The van der Waals surface area contributed by atoms with Gasteiger partial charge in [-0.05, 0) is 56.2 Å². The third-order valence-electron chi connectivity index (χ3n) is 4.67. The molecule has 0 saturated carbocycles. The molecule has 3 rings (SSSR count). The van der Waals surface area contributed by atoms with Crippen molar-refractivity contribution in [2.24, 2.45) is 5.92 Å². The Morgan fingerprint density at radius 1 is 1.33 bits per heavy atom. The second-order valence-corrected chi connectivity index (χ2v) is 6.56. The van der Waals surface area contributed by atoms with Gasteiger partial charge in [0.2, 0.25) is 0 Å². The van der Waals surface area contributed by atoms with Gasteiger partial charge in [0.25, 0.3) is 5.91 Å². The van der Waals surface area contributed by atoms with Crippen molar-refractivity contribution in [1.29, 1.82) is 0 Å². The average Bonchev–Trinajstić information content (AvgIpc) is 2.92. The summed E-state index contributed by atoms with van der Waals surface area (Å²) < 4.78 is 18.3. The minimum Gasteiger partial charge on any atom is -0.445 e. The van der Waals surface area contributed by atoms with Gasteiger partial charge in [-0.2, -0.15) is 0 Å². The highest BCUT2D eigenvalue weighted by Gasteiger charge is 2.27. The van der Waals surface area contributed by atoms with Crippen LogP contribution < -0.4 is 0 Å². The Balaban J connectivity index is 1.58. The van der Waals surface area contributed by atoms with E-state index in [-0.39, 0.29) is 11.7 Å². The number of carbonyl (C=O) groups is 1. The molecule has 0 N–H and O–H groups in total. The van der Waals surface area contributed by atoms with Crippen molar-refractivity contribution < 1.29 is 13.6 Å². The van der Waals surface area contributed by atoms with Crippen molar-refractivity contribution in [2.75, 3.05) is 13.1 Å². The number of aromatic nitrogens is 1. The molecule has 1 atom stereocenters. The number of rotatable bonds is 4. The summed E-state index contributed by atoms with van der Waals surface area (Å²) in [6.45, 7) is 5.07. The molecule has 0 bridgehead atoms. The molecule has 2 heterocycles. The van der Waals surface area contributed by atoms with Crippen molar-refractivity contribution in [3.63, 3.8) is 0 Å². The van der Waals surface area contributed by atoms with E-state index >= 15 is 0 Å². The SMILES string of the molecule is Cc1nc(C(=O)N2CCC[C@@H](CCc3ccc(F)cc3)C2)c(C)o1. The lowest BCUT2D eigenvalue weighted by molar-refractivity contribution is 0.0661. The van der Waals surface area contributed by atoms with Crippen LogP contribution in [-0.4, -0.2) is 28.9 Å². The van der Waals surface area contributed by atoms with E-state index in [0.717, 1.165) is 44.3 Å². The van der Waals surface area contributed by atoms with E-state index in [2.05, 4.69) is 4.98 Å². The Morgan fingerprint density at radius 3 is 2.75 bits per heavy atom. The minimum atomic E-state index is -0.202. The Bertz CT molecular complexity index is 709. The number of hydrogen-bond acceptors (Lipinski definition) is 3. The van der Waals surface area contributed by atoms with Crippen LogP contribution in [-0.2, 0) is 6.42 Å². The first-order valence-corrected chi connectivity index (χ1v) is 8.50. The summed E-state index contributed by atoms with van der Waals surface area (Å²) in [6, 6.07) is 6.68. The van der Waals surface area contributed by atoms with E-state index in [0.29, 0.717) is 23.3 Å². The first-order chi connectivity index (χ1) is 11.5. The number of hydrogen-bond donors (Lipinski definition) is 0. The Hall–Kier alpha value is -2.17. The average molecular weight is 330 g/mol. The van der Waals surface area contributed by atoms with Gasteiger partial charge in [-0.3, -0.25) is 4.79 Å². The molecule has 1 aromatic carbocycles. The Morgan fingerprint density at radius 2 is 2.08 bits per heavy atom. The molecule has 128 valence electrons. The zero-order valence-corrected chi connectivity index (χ0v) is 14.2. The Kier molecular flexibility index (Phi) is 4.97. The molecule has 1 aromatic heterocycles. The number of halogens is 1. The predicted molar refractivity (Wildman–Crippen MR) is 89.3 cm³/mol. The smallest absolute Gasteiger partial charge is 0.276 e. The maximum Gasteiger partial charge on any atom is 0.276 e. The fourth-order valence-corrected chi connectivity index (χ4v) is 3.38. The summed E-state index contributed by atoms with van der Waals surface area (Å²) >= 11 is 0. The number of likely N-dealkylation sites (tertiary alicyclic amines) is 1. The molecule has 1 aliphatic rings. The number of carbonyl (C=O) groups excluding carboxylic acids is 1. The fourth-order valence-electron chi connectivity index (χ4n) is 3.38. The van der Waals surface area contributed by atoms with E-state index in [1.165, 1.54) is 12.1 Å². The lowest BCUT2D eigenvalue weighted by atomic mass is 9.91. The first-order valence-electron chi connectivity index (χ1n) is 8.50. The molecule has 1 amide bonds. The summed E-state index contributed by atoms with van der Waals surface area (Å²) in [7, 11) is 0. The number of oxazole rings is 1. The second kappa shape index (κ2) is 7.16. The van der Waals surface area contributed by atoms with Crippen LogP contribution in [0, 0.1) is 25.6 Å². The summed E-state index contributed by atoms with van der Waals surface area (Å²) in [5, 5.41) is 0. The largest absolute Gasteiger partial charge is 0.445 e. The molecular weight excluding hydrogens is 307 g/mol. The number of benzene rings is 1. The molecule has 24 heavy (non-hydrogen) atoms. The van der Waals surface area contributed by atoms with Gasteiger partial charge in [-0.15, -0.1) is 0 Å². The third kappa shape index (κ3) is 3.83. The number of nitrogens with zero attached hydrogens (tertiary/aromatic N) is 2. The van der Waals surface area contributed by atoms with E-state index in [9.17, 15) is 9.18 Å². The van der Waals surface area contributed by atoms with E-state index in [4.69, 9.17) is 4.42 Å². The van der Waals surface area contributed by atoms with E-state index in [1.807, 2.05) is 17.0 Å². The highest BCUT2D eigenvalue weighted by atomic mass is 19.1. The molecule has 2 aromatic rings. The molecule has 4 nitrogen and oxygen atoms in total. The zero-order chi connectivity index (χ0) is 17.1. The summed E-state index contributed by atoms with van der Waals surface area (Å²) in [4.78, 5) is 18.8. The molecule has 0 spiro atoms. The van der Waals surface area contributed by atoms with Crippen molar-refractivity contribution in [3.05, 3.63) is 53.0 Å². The standard InChI is InChI=1S/C19H23FN2O2/c1-13-18(21-14(2)24-13)19(23)22-11-3-4-16(12-22)6-5-15-7-9-17(20)10-8-15/h7-10,16H,3-6,11-12H2,1-2H3/t16-/m0/s1. The monoisotopic (exact) mass is 330 g/mol. The van der Waals surface area contributed by atoms with Gasteiger partial charge in [0.05, 0.1) is 0 Å². The van der Waals surface area contributed by atoms with Crippen molar-refractivity contribution in [1.82, 2.24) is 9.88 Å². The summed E-state index contributed by atoms with van der Waals surface area (Å²) in [5.41, 5.74) is 1.58. The molecule has 0 aliphatic carbocycles. The number of piperidine rings is 1. The molecule has 1 aliphatic heterocycles. The quantitative estimate of drug-likeness (QED) is 0.854. The summed E-state index contributed by atoms with van der Waals surface area (Å²) in [5.74, 6) is 1.36. The second-order valence-electron chi connectivity index (χ2n) is 6.56. The molecular formula is C19H23FN2O2. The van der Waals surface area contributed by atoms with Crippen molar-refractivity contribution in [2.45, 2.75) is 39.5 Å². The molecule has 0 unspecified atom stereocenters. The van der Waals surface area contributed by atoms with E-state index in [1.54, 1.807) is 13.8 Å². The minimum absolute atomic E-state index is 0.0316. The van der Waals surface area contributed by atoms with Crippen molar-refractivity contribution in [3.8, 4) is 0 Å². The molecule has 1 saturated heterocycles. The fraction of sp³-hybridized carbons (Fsp3) is 0.474. The van der Waals surface area contributed by atoms with Crippen LogP contribution in [0.15, 0.2) is 28.7 Å². The van der Waals surface area contributed by atoms with Crippen LogP contribution in [0.4, 0.5) is 4.39 Å². The zero-order valence-electron chi connectivity index (χ0n) is 14.2. The normalized spacial score (nSPS) is 18.0. The van der Waals surface area contributed by atoms with E-state index < -0.39 is 0 Å². The summed E-state index contributed by atoms with van der Waals surface area (Å²) in [6.07, 6.45) is 4.05. The van der Waals surface area contributed by atoms with Crippen molar-refractivity contribution >= 4 is 5.91 Å². The maximum atomic E-state index is 13.0. The topological polar surface area (TPSA) is 46.3 Å². The number of aryl methyl sites for hydroxylation is 3. The predicted octanol–water partition coefficient (Wildman–Crippen LogP) is 3.92. The van der Waals surface area contributed by atoms with Gasteiger partial charge in [-0.25, -0.2) is 9.37 Å². The molecule has 5 heteroatoms. The van der Waals surface area contributed by atoms with Crippen LogP contribution >= 0.6 is 0 Å². The van der Waals surface area contributed by atoms with Gasteiger partial charge in [-0.1, -0.05) is 12.1 Å². The van der Waals surface area contributed by atoms with Crippen LogP contribution in [0.5, 0.6) is 0 Å². The van der Waals surface area contributed by atoms with Crippen LogP contribution in [0.3, 0.4) is 0 Å². The molecule has 1 fully saturated rings. The lowest BCUT2D eigenvalue weighted by Crippen LogP contribution is -2.40. The lowest BCUT2D eigenvalue weighted by Gasteiger charge is -2.32. The van der Waals surface area contributed by atoms with Gasteiger partial charge in [0.1, 0.15) is 11.6 Å². The number of amides is 1. The van der Waals surface area contributed by atoms with Gasteiger partial charge in [0.15, 0.2) is 11.6 Å². The molecule has 0 radical (unpaired) electrons. The Labute approximate surface area is 141 Å². The van der Waals surface area contributed by atoms with Gasteiger partial charge >= 0.3 is 0 Å². The third-order valence-corrected chi connectivity index (χ3v) is 4.67. The van der Waals surface area contributed by atoms with Gasteiger partial charge in [0, 0.05) is 20.0 Å². The highest BCUT2D eigenvalue weighted by molar-refractivity contribution is 5.93. The van der Waals surface area contributed by atoms with Crippen LogP contribution in [0.2, 0.25) is 0 Å². The van der Waals surface area contributed by atoms with Crippen LogP contribution in [0.25, 0.3) is 0 Å². The van der Waals surface area contributed by atoms with Gasteiger partial charge < -0.3 is 9.32 Å². The first kappa shape index (κ1) is 16.7. The highest BCUT2D eigenvalue weighted by Crippen LogP contribution is 2.23.